The molecule has 8 nitrogen and oxygen atoms in total. The van der Waals surface area contributed by atoms with Gasteiger partial charge in [-0.2, -0.15) is 5.48 Å². The first-order valence-electron chi connectivity index (χ1n) is 8.85. The Kier molecular flexibility index (Phi) is 7.47. The van der Waals surface area contributed by atoms with Crippen molar-refractivity contribution in [1.82, 2.24) is 5.48 Å². The predicted molar refractivity (Wildman–Crippen MR) is 106 cm³/mol. The van der Waals surface area contributed by atoms with Gasteiger partial charge in [0.2, 0.25) is 0 Å². The smallest absolute Gasteiger partial charge is 0.332 e. The number of hydrogen-bond acceptors (Lipinski definition) is 7. The highest BCUT2D eigenvalue weighted by molar-refractivity contribution is 5.99. The van der Waals surface area contributed by atoms with E-state index >= 15 is 0 Å². The van der Waals surface area contributed by atoms with Crippen LogP contribution < -0.4 is 15.0 Å². The maximum atomic E-state index is 12.3. The van der Waals surface area contributed by atoms with Gasteiger partial charge in [-0.15, -0.1) is 0 Å². The molecule has 0 bridgehead atoms. The number of carbonyl (C=O) groups is 2. The zero-order chi connectivity index (χ0) is 21.4. The van der Waals surface area contributed by atoms with Gasteiger partial charge >= 0.3 is 5.97 Å². The van der Waals surface area contributed by atoms with E-state index in [1.54, 1.807) is 18.2 Å². The average molecular weight is 401 g/mol. The van der Waals surface area contributed by atoms with Gasteiger partial charge in [-0.3, -0.25) is 4.79 Å². The molecule has 2 rings (SSSR count). The van der Waals surface area contributed by atoms with E-state index in [4.69, 9.17) is 14.3 Å². The van der Waals surface area contributed by atoms with Gasteiger partial charge < -0.3 is 24.5 Å². The number of methoxy groups -OCH3 is 2. The Morgan fingerprint density at radius 1 is 0.966 bits per heavy atom. The number of phenols is 2. The Labute approximate surface area is 168 Å². The SMILES string of the molecule is CCCC(=O)ONC(=O)/C=C(/c1ccc(O)c(O)c1)c1ccc(OC)c(OC)c1. The van der Waals surface area contributed by atoms with Gasteiger partial charge in [-0.25, -0.2) is 4.79 Å². The van der Waals surface area contributed by atoms with Crippen molar-refractivity contribution in [2.45, 2.75) is 19.8 Å². The minimum absolute atomic E-state index is 0.179. The third-order valence-electron chi connectivity index (χ3n) is 3.98. The molecule has 2 aromatic carbocycles. The molecule has 8 heteroatoms. The maximum Gasteiger partial charge on any atom is 0.332 e. The molecule has 0 saturated carbocycles. The number of aromatic hydroxyl groups is 2. The van der Waals surface area contributed by atoms with E-state index in [0.29, 0.717) is 34.6 Å². The van der Waals surface area contributed by atoms with E-state index in [2.05, 4.69) is 5.48 Å². The third kappa shape index (κ3) is 5.65. The molecular weight excluding hydrogens is 378 g/mol. The molecule has 2 aromatic rings. The summed E-state index contributed by atoms with van der Waals surface area (Å²) in [5, 5.41) is 19.4. The summed E-state index contributed by atoms with van der Waals surface area (Å²) in [4.78, 5) is 28.5. The number of phenolic OH excluding ortho intramolecular Hbond substituents is 2. The highest BCUT2D eigenvalue weighted by Crippen LogP contribution is 2.35. The molecule has 0 aromatic heterocycles. The fourth-order valence-electron chi connectivity index (χ4n) is 2.55. The summed E-state index contributed by atoms with van der Waals surface area (Å²) in [6, 6.07) is 9.18. The number of nitrogens with one attached hydrogen (secondary N) is 1. The maximum absolute atomic E-state index is 12.3. The average Bonchev–Trinajstić information content (AvgIpc) is 2.72. The summed E-state index contributed by atoms with van der Waals surface area (Å²) in [6.07, 6.45) is 1.99. The van der Waals surface area contributed by atoms with E-state index in [0.717, 1.165) is 0 Å². The molecule has 0 aliphatic heterocycles. The van der Waals surface area contributed by atoms with Crippen molar-refractivity contribution in [2.24, 2.45) is 0 Å². The first kappa shape index (κ1) is 21.6. The van der Waals surface area contributed by atoms with Gasteiger partial charge in [0.15, 0.2) is 23.0 Å². The summed E-state index contributed by atoms with van der Waals surface area (Å²) in [7, 11) is 2.99. The number of hydroxylamine groups is 1. The number of ether oxygens (including phenoxy) is 2. The lowest BCUT2D eigenvalue weighted by Crippen LogP contribution is -2.25. The molecule has 29 heavy (non-hydrogen) atoms. The first-order valence-corrected chi connectivity index (χ1v) is 8.85. The molecule has 0 heterocycles. The molecule has 0 saturated heterocycles. The highest BCUT2D eigenvalue weighted by atomic mass is 16.7. The first-order chi connectivity index (χ1) is 13.9. The van der Waals surface area contributed by atoms with E-state index in [9.17, 15) is 19.8 Å². The highest BCUT2D eigenvalue weighted by Gasteiger charge is 2.14. The molecule has 0 fully saturated rings. The molecule has 0 spiro atoms. The van der Waals surface area contributed by atoms with Gasteiger partial charge in [0.25, 0.3) is 5.91 Å². The number of amides is 1. The summed E-state index contributed by atoms with van der Waals surface area (Å²) in [5.74, 6) is -0.922. The van der Waals surface area contributed by atoms with Crippen LogP contribution in [0.2, 0.25) is 0 Å². The molecule has 0 radical (unpaired) electrons. The van der Waals surface area contributed by atoms with Crippen LogP contribution in [0.15, 0.2) is 42.5 Å². The Bertz CT molecular complexity index is 921. The van der Waals surface area contributed by atoms with Crippen molar-refractivity contribution in [3.05, 3.63) is 53.6 Å². The van der Waals surface area contributed by atoms with Crippen molar-refractivity contribution in [3.8, 4) is 23.0 Å². The van der Waals surface area contributed by atoms with Crippen LogP contribution in [0, 0.1) is 0 Å². The second-order valence-electron chi connectivity index (χ2n) is 6.02. The second kappa shape index (κ2) is 10.0. The van der Waals surface area contributed by atoms with Gasteiger partial charge in [-0.05, 0) is 47.4 Å². The largest absolute Gasteiger partial charge is 0.504 e. The number of rotatable bonds is 7. The lowest BCUT2D eigenvalue weighted by Gasteiger charge is -2.13. The summed E-state index contributed by atoms with van der Waals surface area (Å²) < 4.78 is 10.5. The molecule has 1 amide bonds. The molecular formula is C21H23NO7. The molecule has 0 atom stereocenters. The van der Waals surface area contributed by atoms with Crippen LogP contribution in [-0.4, -0.2) is 36.3 Å². The van der Waals surface area contributed by atoms with E-state index in [1.165, 1.54) is 38.5 Å². The zero-order valence-electron chi connectivity index (χ0n) is 16.4. The molecule has 0 aliphatic carbocycles. The Morgan fingerprint density at radius 3 is 2.24 bits per heavy atom. The quantitative estimate of drug-likeness (QED) is 0.371. The minimum atomic E-state index is -0.674. The topological polar surface area (TPSA) is 114 Å². The van der Waals surface area contributed by atoms with Crippen LogP contribution in [0.1, 0.15) is 30.9 Å². The van der Waals surface area contributed by atoms with Crippen LogP contribution in [0.3, 0.4) is 0 Å². The van der Waals surface area contributed by atoms with Crippen molar-refractivity contribution in [2.75, 3.05) is 14.2 Å². The summed E-state index contributed by atoms with van der Waals surface area (Å²) in [5.41, 5.74) is 3.49. The Morgan fingerprint density at radius 2 is 1.62 bits per heavy atom. The zero-order valence-corrected chi connectivity index (χ0v) is 16.4. The third-order valence-corrected chi connectivity index (χ3v) is 3.98. The van der Waals surface area contributed by atoms with E-state index in [-0.39, 0.29) is 17.9 Å². The molecule has 154 valence electrons. The van der Waals surface area contributed by atoms with Crippen LogP contribution >= 0.6 is 0 Å². The van der Waals surface area contributed by atoms with Gasteiger partial charge in [0.1, 0.15) is 0 Å². The van der Waals surface area contributed by atoms with Crippen LogP contribution in [0.5, 0.6) is 23.0 Å². The van der Waals surface area contributed by atoms with Crippen molar-refractivity contribution >= 4 is 17.4 Å². The van der Waals surface area contributed by atoms with Crippen LogP contribution in [0.25, 0.3) is 5.57 Å². The van der Waals surface area contributed by atoms with Crippen molar-refractivity contribution in [1.29, 1.82) is 0 Å². The van der Waals surface area contributed by atoms with Gasteiger partial charge in [-0.1, -0.05) is 19.1 Å². The predicted octanol–water partition coefficient (Wildman–Crippen LogP) is 2.92. The Hall–Kier alpha value is -3.68. The standard InChI is InChI=1S/C21H23NO7/c1-4-5-21(26)29-22-20(25)12-15(13-6-8-16(23)17(24)10-13)14-7-9-18(27-2)19(11-14)28-3/h6-12,23-24H,4-5H2,1-3H3,(H,22,25)/b15-12-. The van der Waals surface area contributed by atoms with Gasteiger partial charge in [0.05, 0.1) is 14.2 Å². The number of carbonyl (C=O) groups excluding carboxylic acids is 2. The monoisotopic (exact) mass is 401 g/mol. The van der Waals surface area contributed by atoms with Crippen molar-refractivity contribution in [3.63, 3.8) is 0 Å². The Balaban J connectivity index is 2.44. The van der Waals surface area contributed by atoms with E-state index in [1.807, 2.05) is 6.92 Å². The molecule has 0 unspecified atom stereocenters. The fraction of sp³-hybridized carbons (Fsp3) is 0.238. The second-order valence-corrected chi connectivity index (χ2v) is 6.02. The normalized spacial score (nSPS) is 10.9. The molecule has 3 N–H and O–H groups in total. The minimum Gasteiger partial charge on any atom is -0.504 e. The van der Waals surface area contributed by atoms with E-state index < -0.39 is 11.9 Å². The fourth-order valence-corrected chi connectivity index (χ4v) is 2.55. The van der Waals surface area contributed by atoms with Crippen LogP contribution in [0.4, 0.5) is 0 Å². The summed E-state index contributed by atoms with van der Waals surface area (Å²) in [6.45, 7) is 1.81. The van der Waals surface area contributed by atoms with Gasteiger partial charge in [0, 0.05) is 12.5 Å². The molecule has 0 aliphatic rings. The number of benzene rings is 2. The lowest BCUT2D eigenvalue weighted by atomic mass is 9.96. The summed E-state index contributed by atoms with van der Waals surface area (Å²) >= 11 is 0. The van der Waals surface area contributed by atoms with Crippen LogP contribution in [-0.2, 0) is 14.4 Å². The van der Waals surface area contributed by atoms with Crippen molar-refractivity contribution < 1.29 is 34.1 Å². The number of hydrogen-bond donors (Lipinski definition) is 3. The lowest BCUT2D eigenvalue weighted by molar-refractivity contribution is -0.156.